The molecule has 2 heterocycles. The number of benzene rings is 2. The molecule has 1 fully saturated rings. The van der Waals surface area contributed by atoms with E-state index >= 15 is 0 Å². The summed E-state index contributed by atoms with van der Waals surface area (Å²) in [4.78, 5) is 15.3. The van der Waals surface area contributed by atoms with Gasteiger partial charge in [0.05, 0.1) is 24.7 Å². The molecule has 1 saturated heterocycles. The molecule has 1 aromatic heterocycles. The lowest BCUT2D eigenvalue weighted by molar-refractivity contribution is -0.130. The Morgan fingerprint density at radius 1 is 1.21 bits per heavy atom. The van der Waals surface area contributed by atoms with Gasteiger partial charge in [-0.25, -0.2) is 0 Å². The van der Waals surface area contributed by atoms with E-state index in [1.807, 2.05) is 40.7 Å². The van der Waals surface area contributed by atoms with Crippen molar-refractivity contribution in [1.29, 1.82) is 0 Å². The number of ether oxygens (including phenoxy) is 2. The first-order valence-corrected chi connectivity index (χ1v) is 12.6. The van der Waals surface area contributed by atoms with Crippen molar-refractivity contribution in [3.8, 4) is 11.4 Å². The number of hydrogen-bond acceptors (Lipinski definition) is 6. The number of aromatic nitrogens is 3. The van der Waals surface area contributed by atoms with Crippen LogP contribution in [0, 0.1) is 20.8 Å². The zero-order chi connectivity index (χ0) is 24.1. The minimum Gasteiger partial charge on any atom is -0.496 e. The molecular weight excluding hydrogens is 448 g/mol. The van der Waals surface area contributed by atoms with Gasteiger partial charge in [-0.1, -0.05) is 42.1 Å². The maximum Gasteiger partial charge on any atom is 0.233 e. The van der Waals surface area contributed by atoms with Gasteiger partial charge in [0.1, 0.15) is 11.6 Å². The third-order valence-electron chi connectivity index (χ3n) is 6.08. The summed E-state index contributed by atoms with van der Waals surface area (Å²) >= 11 is 1.42. The Hall–Kier alpha value is -2.84. The smallest absolute Gasteiger partial charge is 0.233 e. The highest BCUT2D eigenvalue weighted by Crippen LogP contribution is 2.26. The number of thioether (sulfide) groups is 1. The molecule has 0 N–H and O–H groups in total. The Balaban J connectivity index is 1.52. The molecule has 8 heteroatoms. The van der Waals surface area contributed by atoms with Gasteiger partial charge in [-0.2, -0.15) is 0 Å². The van der Waals surface area contributed by atoms with Gasteiger partial charge < -0.3 is 14.4 Å². The number of amides is 1. The van der Waals surface area contributed by atoms with Crippen molar-refractivity contribution < 1.29 is 14.3 Å². The molecule has 0 aliphatic carbocycles. The van der Waals surface area contributed by atoms with Gasteiger partial charge >= 0.3 is 0 Å². The van der Waals surface area contributed by atoms with Gasteiger partial charge in [0.15, 0.2) is 5.16 Å². The fourth-order valence-electron chi connectivity index (χ4n) is 4.22. The monoisotopic (exact) mass is 480 g/mol. The number of nitrogens with zero attached hydrogens (tertiary/aromatic N) is 4. The first-order chi connectivity index (χ1) is 16.5. The summed E-state index contributed by atoms with van der Waals surface area (Å²) in [6.07, 6.45) is 2.08. The Kier molecular flexibility index (Phi) is 7.90. The first kappa shape index (κ1) is 24.3. The molecular formula is C26H32N4O3S. The van der Waals surface area contributed by atoms with Crippen LogP contribution >= 0.6 is 11.8 Å². The van der Waals surface area contributed by atoms with Crippen LogP contribution < -0.4 is 4.74 Å². The summed E-state index contributed by atoms with van der Waals surface area (Å²) in [5.74, 6) is 1.89. The zero-order valence-corrected chi connectivity index (χ0v) is 21.1. The number of carbonyl (C=O) groups is 1. The molecule has 2 aromatic carbocycles. The molecule has 0 radical (unpaired) electrons. The quantitative estimate of drug-likeness (QED) is 0.420. The molecule has 0 bridgehead atoms. The number of aryl methyl sites for hydroxylation is 3. The third-order valence-corrected chi connectivity index (χ3v) is 6.99. The first-order valence-electron chi connectivity index (χ1n) is 11.6. The van der Waals surface area contributed by atoms with Crippen molar-refractivity contribution >= 4 is 17.7 Å². The Labute approximate surface area is 205 Å². The van der Waals surface area contributed by atoms with Crippen LogP contribution in [0.2, 0.25) is 0 Å². The van der Waals surface area contributed by atoms with E-state index in [0.717, 1.165) is 47.8 Å². The molecule has 1 amide bonds. The Morgan fingerprint density at radius 2 is 2.03 bits per heavy atom. The SMILES string of the molecule is COc1ccccc1CN(CC1CCCO1)C(=O)CSc1nnc(C)n1-c1cc(C)ccc1C. The van der Waals surface area contributed by atoms with E-state index in [1.165, 1.54) is 17.3 Å². The predicted octanol–water partition coefficient (Wildman–Crippen LogP) is 4.50. The summed E-state index contributed by atoms with van der Waals surface area (Å²) in [7, 11) is 1.66. The summed E-state index contributed by atoms with van der Waals surface area (Å²) in [6, 6.07) is 14.2. The molecule has 7 nitrogen and oxygen atoms in total. The summed E-state index contributed by atoms with van der Waals surface area (Å²) in [5, 5.41) is 9.38. The number of hydrogen-bond donors (Lipinski definition) is 0. The average Bonchev–Trinajstić information content (AvgIpc) is 3.48. The largest absolute Gasteiger partial charge is 0.496 e. The molecule has 34 heavy (non-hydrogen) atoms. The highest BCUT2D eigenvalue weighted by molar-refractivity contribution is 7.99. The van der Waals surface area contributed by atoms with Gasteiger partial charge in [-0.3, -0.25) is 9.36 Å². The Morgan fingerprint density at radius 3 is 2.79 bits per heavy atom. The van der Waals surface area contributed by atoms with Crippen LogP contribution in [0.15, 0.2) is 47.6 Å². The van der Waals surface area contributed by atoms with Crippen LogP contribution in [-0.4, -0.2) is 57.7 Å². The highest BCUT2D eigenvalue weighted by Gasteiger charge is 2.24. The molecule has 180 valence electrons. The molecule has 4 rings (SSSR count). The fraction of sp³-hybridized carbons (Fsp3) is 0.423. The van der Waals surface area contributed by atoms with Crippen LogP contribution in [0.5, 0.6) is 5.75 Å². The van der Waals surface area contributed by atoms with Gasteiger partial charge in [0, 0.05) is 25.3 Å². The van der Waals surface area contributed by atoms with E-state index in [9.17, 15) is 4.79 Å². The average molecular weight is 481 g/mol. The minimum absolute atomic E-state index is 0.0413. The molecule has 0 spiro atoms. The van der Waals surface area contributed by atoms with Crippen LogP contribution in [0.1, 0.15) is 35.4 Å². The molecule has 0 saturated carbocycles. The topological polar surface area (TPSA) is 69.5 Å². The van der Waals surface area contributed by atoms with Crippen molar-refractivity contribution in [2.24, 2.45) is 0 Å². The molecule has 1 aliphatic rings. The fourth-order valence-corrected chi connectivity index (χ4v) is 5.11. The molecule has 3 aromatic rings. The Bertz CT molecular complexity index is 1140. The van der Waals surface area contributed by atoms with Crippen LogP contribution in [0.25, 0.3) is 5.69 Å². The van der Waals surface area contributed by atoms with E-state index in [-0.39, 0.29) is 17.8 Å². The number of methoxy groups -OCH3 is 1. The summed E-state index contributed by atoms with van der Waals surface area (Å²) < 4.78 is 13.4. The lowest BCUT2D eigenvalue weighted by Crippen LogP contribution is -2.38. The second-order valence-electron chi connectivity index (χ2n) is 8.66. The van der Waals surface area contributed by atoms with Gasteiger partial charge in [-0.05, 0) is 56.9 Å². The normalized spacial score (nSPS) is 15.5. The second-order valence-corrected chi connectivity index (χ2v) is 9.61. The van der Waals surface area contributed by atoms with Gasteiger partial charge in [0.2, 0.25) is 5.91 Å². The molecule has 1 aliphatic heterocycles. The molecule has 1 atom stereocenters. The summed E-state index contributed by atoms with van der Waals surface area (Å²) in [6.45, 7) is 7.89. The molecule has 1 unspecified atom stereocenters. The number of carbonyl (C=O) groups excluding carboxylic acids is 1. The highest BCUT2D eigenvalue weighted by atomic mass is 32.2. The van der Waals surface area contributed by atoms with Crippen molar-refractivity contribution in [2.45, 2.75) is 51.4 Å². The van der Waals surface area contributed by atoms with E-state index in [4.69, 9.17) is 9.47 Å². The van der Waals surface area contributed by atoms with E-state index in [2.05, 4.69) is 42.2 Å². The van der Waals surface area contributed by atoms with Crippen molar-refractivity contribution in [1.82, 2.24) is 19.7 Å². The van der Waals surface area contributed by atoms with Crippen LogP contribution in [-0.2, 0) is 16.1 Å². The van der Waals surface area contributed by atoms with Crippen LogP contribution in [0.4, 0.5) is 0 Å². The zero-order valence-electron chi connectivity index (χ0n) is 20.3. The van der Waals surface area contributed by atoms with Gasteiger partial charge in [-0.15, -0.1) is 10.2 Å². The minimum atomic E-state index is 0.0413. The maximum atomic E-state index is 13.4. The lowest BCUT2D eigenvalue weighted by atomic mass is 10.1. The van der Waals surface area contributed by atoms with Gasteiger partial charge in [0.25, 0.3) is 0 Å². The third kappa shape index (κ3) is 5.62. The van der Waals surface area contributed by atoms with Crippen molar-refractivity contribution in [3.63, 3.8) is 0 Å². The van der Waals surface area contributed by atoms with Crippen molar-refractivity contribution in [2.75, 3.05) is 26.0 Å². The second kappa shape index (κ2) is 11.1. The van der Waals surface area contributed by atoms with Crippen LogP contribution in [0.3, 0.4) is 0 Å². The van der Waals surface area contributed by atoms with Crippen molar-refractivity contribution in [3.05, 3.63) is 65.0 Å². The standard InChI is InChI=1S/C26H32N4O3S/c1-18-11-12-19(2)23(14-18)30-20(3)27-28-26(30)34-17-25(31)29(16-22-9-7-13-33-22)15-21-8-5-6-10-24(21)32-4/h5-6,8,10-12,14,22H,7,9,13,15-17H2,1-4H3. The summed E-state index contributed by atoms with van der Waals surface area (Å²) in [5.41, 5.74) is 4.33. The van der Waals surface area contributed by atoms with E-state index in [1.54, 1.807) is 7.11 Å². The lowest BCUT2D eigenvalue weighted by Gasteiger charge is -2.26. The number of rotatable bonds is 9. The number of para-hydroxylation sites is 1. The maximum absolute atomic E-state index is 13.4. The van der Waals surface area contributed by atoms with E-state index < -0.39 is 0 Å². The van der Waals surface area contributed by atoms with E-state index in [0.29, 0.717) is 18.2 Å². The predicted molar refractivity (Wildman–Crippen MR) is 134 cm³/mol.